The van der Waals surface area contributed by atoms with Crippen molar-refractivity contribution in [2.24, 2.45) is 0 Å². The van der Waals surface area contributed by atoms with Gasteiger partial charge in [-0.1, -0.05) is 154 Å². The minimum Gasteiger partial charge on any atom is -0.310 e. The van der Waals surface area contributed by atoms with Crippen LogP contribution >= 0.6 is 0 Å². The predicted molar refractivity (Wildman–Crippen MR) is 248 cm³/mol. The number of anilines is 6. The van der Waals surface area contributed by atoms with E-state index in [9.17, 15) is 0 Å². The van der Waals surface area contributed by atoms with E-state index >= 15 is 0 Å². The van der Waals surface area contributed by atoms with Crippen molar-refractivity contribution in [3.63, 3.8) is 0 Å². The second-order valence-corrected chi connectivity index (χ2v) is 19.5. The third kappa shape index (κ3) is 5.91. The molecule has 0 N–H and O–H groups in total. The van der Waals surface area contributed by atoms with Gasteiger partial charge in [-0.2, -0.15) is 0 Å². The number of nitrogens with zero attached hydrogens (tertiary/aromatic N) is 2. The van der Waals surface area contributed by atoms with Crippen LogP contribution in [0.4, 0.5) is 34.1 Å². The second-order valence-electron chi connectivity index (χ2n) is 19.5. The van der Waals surface area contributed by atoms with E-state index in [1.807, 2.05) is 0 Å². The summed E-state index contributed by atoms with van der Waals surface area (Å²) in [6.45, 7) is 24.2. The van der Waals surface area contributed by atoms with Crippen LogP contribution in [-0.4, -0.2) is 0 Å². The third-order valence-electron chi connectivity index (χ3n) is 12.8. The normalized spacial score (nSPS) is 14.7. The van der Waals surface area contributed by atoms with Crippen LogP contribution in [0.2, 0.25) is 0 Å². The van der Waals surface area contributed by atoms with Crippen LogP contribution in [0.5, 0.6) is 0 Å². The molecule has 0 radical (unpaired) electrons. The van der Waals surface area contributed by atoms with Gasteiger partial charge in [-0.05, 0) is 139 Å². The maximum absolute atomic E-state index is 2.50. The Labute approximate surface area is 346 Å². The first kappa shape index (κ1) is 37.7. The van der Waals surface area contributed by atoms with Gasteiger partial charge in [0.25, 0.3) is 0 Å². The zero-order valence-electron chi connectivity index (χ0n) is 35.9. The summed E-state index contributed by atoms with van der Waals surface area (Å²) in [4.78, 5) is 4.86. The third-order valence-corrected chi connectivity index (χ3v) is 12.8. The molecule has 290 valence electrons. The van der Waals surface area contributed by atoms with Crippen molar-refractivity contribution < 1.29 is 0 Å². The van der Waals surface area contributed by atoms with Gasteiger partial charge in [0.15, 0.2) is 0 Å². The average Bonchev–Trinajstić information content (AvgIpc) is 3.57. The van der Waals surface area contributed by atoms with E-state index < -0.39 is 0 Å². The minimum atomic E-state index is -0.255. The summed E-state index contributed by atoms with van der Waals surface area (Å²) in [5.41, 5.74) is 20.4. The predicted octanol–water partition coefficient (Wildman–Crippen LogP) is 15.8. The maximum atomic E-state index is 2.50. The second kappa shape index (κ2) is 13.3. The summed E-state index contributed by atoms with van der Waals surface area (Å²) in [6, 6.07) is 58.2. The molecular weight excluding hydrogens is 701 g/mol. The van der Waals surface area contributed by atoms with Gasteiger partial charge in [-0.25, -0.2) is 0 Å². The molecule has 0 unspecified atom stereocenters. The highest BCUT2D eigenvalue weighted by atomic mass is 15.1. The van der Waals surface area contributed by atoms with Gasteiger partial charge in [0, 0.05) is 45.0 Å². The van der Waals surface area contributed by atoms with Crippen LogP contribution in [0, 0.1) is 0 Å². The number of fused-ring (bicyclic) bond motifs is 7. The molecule has 7 aromatic carbocycles. The molecule has 2 aliphatic carbocycles. The molecule has 2 aliphatic rings. The largest absolute Gasteiger partial charge is 0.310 e. The van der Waals surface area contributed by atoms with Gasteiger partial charge in [-0.15, -0.1) is 0 Å². The van der Waals surface area contributed by atoms with Crippen molar-refractivity contribution in [3.8, 4) is 22.3 Å². The minimum absolute atomic E-state index is 0.0963. The van der Waals surface area contributed by atoms with Gasteiger partial charge in [-0.3, -0.25) is 0 Å². The smallest absolute Gasteiger partial charge is 0.0468 e. The maximum Gasteiger partial charge on any atom is 0.0468 e. The molecule has 0 aliphatic heterocycles. The molecule has 0 spiro atoms. The first-order valence-corrected chi connectivity index (χ1v) is 21.0. The van der Waals surface area contributed by atoms with Crippen molar-refractivity contribution in [2.75, 3.05) is 9.80 Å². The quantitative estimate of drug-likeness (QED) is 0.167. The number of rotatable bonds is 6. The summed E-state index contributed by atoms with van der Waals surface area (Å²) in [5, 5.41) is 0. The summed E-state index contributed by atoms with van der Waals surface area (Å²) in [5.74, 6) is 0. The van der Waals surface area contributed by atoms with E-state index in [-0.39, 0.29) is 21.7 Å². The standard InChI is InChI=1S/C56H56N2/c1-53(2,3)45-33-41(57(37-23-15-11-16-24-37)38-25-17-12-18-26-38)35-47-49(45)43-31-32-44-50-46(54(4,5)6)34-42(36-48(50)56(9,10)52(44)51(43)55(47,7)8)58(39-27-19-13-20-28-39)40-29-21-14-22-30-40/h11-36H,1-10H3. The van der Waals surface area contributed by atoms with E-state index in [4.69, 9.17) is 0 Å². The molecule has 9 rings (SSSR count). The average molecular weight is 757 g/mol. The van der Waals surface area contributed by atoms with Crippen LogP contribution in [0.3, 0.4) is 0 Å². The highest BCUT2D eigenvalue weighted by Crippen LogP contribution is 2.62. The Kier molecular flexibility index (Phi) is 8.68. The zero-order chi connectivity index (χ0) is 40.8. The summed E-state index contributed by atoms with van der Waals surface area (Å²) < 4.78 is 0. The van der Waals surface area contributed by atoms with Gasteiger partial charge in [0.05, 0.1) is 0 Å². The van der Waals surface area contributed by atoms with Crippen molar-refractivity contribution in [1.29, 1.82) is 0 Å². The first-order chi connectivity index (χ1) is 27.6. The van der Waals surface area contributed by atoms with Gasteiger partial charge in [0.1, 0.15) is 0 Å². The van der Waals surface area contributed by atoms with E-state index in [1.165, 1.54) is 67.0 Å². The van der Waals surface area contributed by atoms with Crippen molar-refractivity contribution in [1.82, 2.24) is 0 Å². The van der Waals surface area contributed by atoms with Crippen LogP contribution in [-0.2, 0) is 21.7 Å². The Morgan fingerprint density at radius 3 is 0.879 bits per heavy atom. The molecule has 0 amide bonds. The number of para-hydroxylation sites is 4. The molecule has 0 heterocycles. The van der Waals surface area contributed by atoms with Crippen LogP contribution in [0.25, 0.3) is 22.3 Å². The topological polar surface area (TPSA) is 6.48 Å². The highest BCUT2D eigenvalue weighted by Gasteiger charge is 2.48. The lowest BCUT2D eigenvalue weighted by Crippen LogP contribution is -2.25. The van der Waals surface area contributed by atoms with Crippen molar-refractivity contribution in [3.05, 3.63) is 191 Å². The molecule has 0 atom stereocenters. The Bertz CT molecular complexity index is 2390. The van der Waals surface area contributed by atoms with Crippen molar-refractivity contribution >= 4 is 34.1 Å². The van der Waals surface area contributed by atoms with Crippen LogP contribution in [0.15, 0.2) is 158 Å². The Hall–Kier alpha value is -5.86. The van der Waals surface area contributed by atoms with Gasteiger partial charge in [0.2, 0.25) is 0 Å². The zero-order valence-corrected chi connectivity index (χ0v) is 35.9. The van der Waals surface area contributed by atoms with Gasteiger partial charge < -0.3 is 9.80 Å². The molecule has 7 aromatic rings. The molecule has 58 heavy (non-hydrogen) atoms. The molecule has 0 bridgehead atoms. The van der Waals surface area contributed by atoms with E-state index in [1.54, 1.807) is 0 Å². The van der Waals surface area contributed by atoms with Gasteiger partial charge >= 0.3 is 0 Å². The Morgan fingerprint density at radius 2 is 0.621 bits per heavy atom. The number of hydrogen-bond acceptors (Lipinski definition) is 2. The summed E-state index contributed by atoms with van der Waals surface area (Å²) >= 11 is 0. The van der Waals surface area contributed by atoms with Crippen LogP contribution in [0.1, 0.15) is 103 Å². The molecule has 0 saturated heterocycles. The number of benzene rings is 7. The fourth-order valence-electron chi connectivity index (χ4n) is 10.1. The monoisotopic (exact) mass is 756 g/mol. The lowest BCUT2D eigenvalue weighted by molar-refractivity contribution is 0.583. The Balaban J connectivity index is 1.29. The van der Waals surface area contributed by atoms with Crippen LogP contribution < -0.4 is 9.80 Å². The van der Waals surface area contributed by atoms with Crippen molar-refractivity contribution in [2.45, 2.75) is 90.9 Å². The molecular formula is C56H56N2. The lowest BCUT2D eigenvalue weighted by atomic mass is 9.72. The SMILES string of the molecule is CC(C)(C)c1cc(N(c2ccccc2)c2ccccc2)cc2c1-c1ccc3c(c1C2(C)C)C(C)(C)c1cc(N(c2ccccc2)c2ccccc2)cc(C(C)(C)C)c1-3. The fraction of sp³-hybridized carbons (Fsp3) is 0.250. The fourth-order valence-corrected chi connectivity index (χ4v) is 10.1. The van der Waals surface area contributed by atoms with E-state index in [0.29, 0.717) is 0 Å². The highest BCUT2D eigenvalue weighted by molar-refractivity contribution is 5.96. The molecule has 2 heteroatoms. The lowest BCUT2D eigenvalue weighted by Gasteiger charge is -2.33. The molecule has 0 aromatic heterocycles. The first-order valence-electron chi connectivity index (χ1n) is 21.0. The number of hydrogen-bond donors (Lipinski definition) is 0. The van der Waals surface area contributed by atoms with E-state index in [2.05, 4.69) is 237 Å². The Morgan fingerprint density at radius 1 is 0.345 bits per heavy atom. The summed E-state index contributed by atoms with van der Waals surface area (Å²) in [6.07, 6.45) is 0. The summed E-state index contributed by atoms with van der Waals surface area (Å²) in [7, 11) is 0. The molecule has 0 saturated carbocycles. The molecule has 0 fully saturated rings. The van der Waals surface area contributed by atoms with E-state index in [0.717, 1.165) is 22.7 Å². The molecule has 2 nitrogen and oxygen atoms in total.